The van der Waals surface area contributed by atoms with Gasteiger partial charge in [-0.3, -0.25) is 0 Å². The van der Waals surface area contributed by atoms with E-state index in [-0.39, 0.29) is 0 Å². The average Bonchev–Trinajstić information content (AvgIpc) is 3.00. The molecule has 1 aliphatic carbocycles. The summed E-state index contributed by atoms with van der Waals surface area (Å²) in [5, 5.41) is 1.21. The molecule has 0 aliphatic heterocycles. The summed E-state index contributed by atoms with van der Waals surface area (Å²) >= 11 is 0. The predicted molar refractivity (Wildman–Crippen MR) is 62.9 cm³/mol. The molecule has 2 heteroatoms. The Bertz CT molecular complexity index is 527. The quantitative estimate of drug-likeness (QED) is 0.765. The zero-order valence-electron chi connectivity index (χ0n) is 8.83. The Morgan fingerprint density at radius 2 is 2.07 bits per heavy atom. The number of pyridine rings is 1. The lowest BCUT2D eigenvalue weighted by atomic mass is 10.1. The summed E-state index contributed by atoms with van der Waals surface area (Å²) in [6, 6.07) is 8.54. The third-order valence-corrected chi connectivity index (χ3v) is 3.05. The van der Waals surface area contributed by atoms with Crippen molar-refractivity contribution in [2.75, 3.05) is 5.73 Å². The first-order chi connectivity index (χ1) is 7.24. The minimum Gasteiger partial charge on any atom is -0.383 e. The fourth-order valence-corrected chi connectivity index (χ4v) is 2.03. The molecule has 1 heterocycles. The largest absolute Gasteiger partial charge is 0.383 e. The molecule has 0 saturated heterocycles. The first-order valence-corrected chi connectivity index (χ1v) is 5.41. The second kappa shape index (κ2) is 2.96. The Balaban J connectivity index is 2.25. The summed E-state index contributed by atoms with van der Waals surface area (Å²) < 4.78 is 0. The van der Waals surface area contributed by atoms with Crippen molar-refractivity contribution < 1.29 is 0 Å². The van der Waals surface area contributed by atoms with Crippen LogP contribution in [0.25, 0.3) is 10.9 Å². The highest BCUT2D eigenvalue weighted by atomic mass is 14.8. The van der Waals surface area contributed by atoms with Gasteiger partial charge in [0.2, 0.25) is 0 Å². The second-order valence-corrected chi connectivity index (χ2v) is 4.43. The number of hydrogen-bond acceptors (Lipinski definition) is 2. The van der Waals surface area contributed by atoms with E-state index in [0.29, 0.717) is 5.92 Å². The van der Waals surface area contributed by atoms with Gasteiger partial charge in [-0.1, -0.05) is 12.1 Å². The third-order valence-electron chi connectivity index (χ3n) is 3.05. The Hall–Kier alpha value is -1.57. The number of nitrogens with two attached hydrogens (primary N) is 1. The number of aromatic nitrogens is 1. The van der Waals surface area contributed by atoms with Gasteiger partial charge >= 0.3 is 0 Å². The Morgan fingerprint density at radius 3 is 2.80 bits per heavy atom. The standard InChI is InChI=1S/C13H14N2/c1-8-2-3-10-7-11(9-4-5-9)13(14)15-12(10)6-8/h2-3,6-7,9H,4-5H2,1H3,(H2,14,15). The SMILES string of the molecule is Cc1ccc2cc(C3CC3)c(N)nc2c1. The van der Waals surface area contributed by atoms with Crippen molar-refractivity contribution in [1.29, 1.82) is 0 Å². The number of anilines is 1. The zero-order chi connectivity index (χ0) is 10.4. The molecule has 1 aromatic carbocycles. The van der Waals surface area contributed by atoms with Crippen molar-refractivity contribution in [2.45, 2.75) is 25.7 Å². The van der Waals surface area contributed by atoms with Gasteiger partial charge in [-0.2, -0.15) is 0 Å². The van der Waals surface area contributed by atoms with Gasteiger partial charge in [0.05, 0.1) is 5.52 Å². The Kier molecular flexibility index (Phi) is 1.72. The molecule has 0 bridgehead atoms. The van der Waals surface area contributed by atoms with Crippen LogP contribution in [0.15, 0.2) is 24.3 Å². The van der Waals surface area contributed by atoms with Gasteiger partial charge in [0.15, 0.2) is 0 Å². The molecule has 0 unspecified atom stereocenters. The van der Waals surface area contributed by atoms with Crippen LogP contribution >= 0.6 is 0 Å². The number of nitrogen functional groups attached to an aromatic ring is 1. The molecule has 76 valence electrons. The van der Waals surface area contributed by atoms with Gasteiger partial charge in [-0.05, 0) is 48.9 Å². The van der Waals surface area contributed by atoms with Crippen LogP contribution in [0.3, 0.4) is 0 Å². The van der Waals surface area contributed by atoms with Gasteiger partial charge < -0.3 is 5.73 Å². The van der Waals surface area contributed by atoms with Crippen molar-refractivity contribution in [1.82, 2.24) is 4.98 Å². The normalized spacial score (nSPS) is 15.8. The number of fused-ring (bicyclic) bond motifs is 1. The molecule has 0 atom stereocenters. The number of benzene rings is 1. The van der Waals surface area contributed by atoms with Gasteiger partial charge in [-0.15, -0.1) is 0 Å². The van der Waals surface area contributed by atoms with E-state index in [4.69, 9.17) is 5.73 Å². The van der Waals surface area contributed by atoms with Crippen LogP contribution in [0.1, 0.15) is 29.9 Å². The number of rotatable bonds is 1. The van der Waals surface area contributed by atoms with Crippen LogP contribution in [-0.4, -0.2) is 4.98 Å². The second-order valence-electron chi connectivity index (χ2n) is 4.43. The summed E-state index contributed by atoms with van der Waals surface area (Å²) in [6.07, 6.45) is 2.53. The molecule has 0 radical (unpaired) electrons. The van der Waals surface area contributed by atoms with Crippen LogP contribution in [0.2, 0.25) is 0 Å². The molecule has 2 nitrogen and oxygen atoms in total. The molecular weight excluding hydrogens is 184 g/mol. The lowest BCUT2D eigenvalue weighted by molar-refractivity contribution is 1.12. The van der Waals surface area contributed by atoms with E-state index in [0.717, 1.165) is 11.3 Å². The first-order valence-electron chi connectivity index (χ1n) is 5.41. The molecule has 1 fully saturated rings. The summed E-state index contributed by atoms with van der Waals surface area (Å²) in [5.74, 6) is 1.39. The van der Waals surface area contributed by atoms with E-state index in [1.807, 2.05) is 0 Å². The minimum absolute atomic E-state index is 0.670. The van der Waals surface area contributed by atoms with E-state index in [2.05, 4.69) is 36.2 Å². The molecule has 15 heavy (non-hydrogen) atoms. The van der Waals surface area contributed by atoms with Gasteiger partial charge in [0.1, 0.15) is 5.82 Å². The molecular formula is C13H14N2. The highest BCUT2D eigenvalue weighted by molar-refractivity contribution is 5.82. The maximum atomic E-state index is 5.97. The lowest BCUT2D eigenvalue weighted by Gasteiger charge is -2.06. The third kappa shape index (κ3) is 1.46. The summed E-state index contributed by atoms with van der Waals surface area (Å²) in [4.78, 5) is 4.48. The average molecular weight is 198 g/mol. The zero-order valence-corrected chi connectivity index (χ0v) is 8.83. The highest BCUT2D eigenvalue weighted by Crippen LogP contribution is 2.42. The number of nitrogens with zero attached hydrogens (tertiary/aromatic N) is 1. The van der Waals surface area contributed by atoms with Crippen LogP contribution in [0.4, 0.5) is 5.82 Å². The summed E-state index contributed by atoms with van der Waals surface area (Å²) in [5.41, 5.74) is 9.45. The highest BCUT2D eigenvalue weighted by Gasteiger charge is 2.26. The molecule has 2 N–H and O–H groups in total. The first kappa shape index (κ1) is 8.72. The van der Waals surface area contributed by atoms with E-state index < -0.39 is 0 Å². The smallest absolute Gasteiger partial charge is 0.127 e. The van der Waals surface area contributed by atoms with Crippen molar-refractivity contribution >= 4 is 16.7 Å². The van der Waals surface area contributed by atoms with Crippen LogP contribution in [0.5, 0.6) is 0 Å². The fourth-order valence-electron chi connectivity index (χ4n) is 2.03. The molecule has 1 saturated carbocycles. The molecule has 3 rings (SSSR count). The molecule has 1 aromatic heterocycles. The van der Waals surface area contributed by atoms with Gasteiger partial charge in [0, 0.05) is 5.39 Å². The molecule has 1 aliphatic rings. The van der Waals surface area contributed by atoms with Crippen molar-refractivity contribution in [3.8, 4) is 0 Å². The van der Waals surface area contributed by atoms with Crippen molar-refractivity contribution in [2.24, 2.45) is 0 Å². The van der Waals surface area contributed by atoms with Crippen LogP contribution in [-0.2, 0) is 0 Å². The predicted octanol–water partition coefficient (Wildman–Crippen LogP) is 3.00. The Morgan fingerprint density at radius 1 is 1.27 bits per heavy atom. The maximum absolute atomic E-state index is 5.97. The summed E-state index contributed by atoms with van der Waals surface area (Å²) in [7, 11) is 0. The van der Waals surface area contributed by atoms with E-state index in [9.17, 15) is 0 Å². The van der Waals surface area contributed by atoms with E-state index in [1.165, 1.54) is 29.4 Å². The minimum atomic E-state index is 0.670. The topological polar surface area (TPSA) is 38.9 Å². The van der Waals surface area contributed by atoms with E-state index in [1.54, 1.807) is 0 Å². The Labute approximate surface area is 89.1 Å². The van der Waals surface area contributed by atoms with Gasteiger partial charge in [0.25, 0.3) is 0 Å². The molecule has 0 amide bonds. The fraction of sp³-hybridized carbons (Fsp3) is 0.308. The van der Waals surface area contributed by atoms with Crippen LogP contribution in [0, 0.1) is 6.92 Å². The maximum Gasteiger partial charge on any atom is 0.127 e. The molecule has 2 aromatic rings. The molecule has 0 spiro atoms. The number of aryl methyl sites for hydroxylation is 1. The van der Waals surface area contributed by atoms with E-state index >= 15 is 0 Å². The monoisotopic (exact) mass is 198 g/mol. The van der Waals surface area contributed by atoms with Crippen LogP contribution < -0.4 is 5.73 Å². The van der Waals surface area contributed by atoms with Gasteiger partial charge in [-0.25, -0.2) is 4.98 Å². The van der Waals surface area contributed by atoms with Crippen molar-refractivity contribution in [3.05, 3.63) is 35.4 Å². The lowest BCUT2D eigenvalue weighted by Crippen LogP contribution is -1.97. The van der Waals surface area contributed by atoms with Crippen molar-refractivity contribution in [3.63, 3.8) is 0 Å². The summed E-state index contributed by atoms with van der Waals surface area (Å²) in [6.45, 7) is 2.08. The number of hydrogen-bond donors (Lipinski definition) is 1.